The van der Waals surface area contributed by atoms with Crippen LogP contribution in [0.4, 0.5) is 5.82 Å². The van der Waals surface area contributed by atoms with E-state index in [1.807, 2.05) is 6.92 Å². The number of anilines is 1. The van der Waals surface area contributed by atoms with Crippen molar-refractivity contribution >= 4 is 33.6 Å². The fourth-order valence-corrected chi connectivity index (χ4v) is 1.23. The van der Waals surface area contributed by atoms with E-state index in [1.165, 1.54) is 0 Å². The molecule has 1 aromatic heterocycles. The Labute approximate surface area is 106 Å². The average Bonchev–Trinajstić information content (AvgIpc) is 2.23. The number of hydrogen-bond donors (Lipinski definition) is 2. The highest BCUT2D eigenvalue weighted by molar-refractivity contribution is 9.10. The third-order valence-corrected chi connectivity index (χ3v) is 2.60. The molecule has 0 saturated heterocycles. The highest BCUT2D eigenvalue weighted by Gasteiger charge is 2.06. The fourth-order valence-electron chi connectivity index (χ4n) is 1.02. The normalized spacial score (nSPS) is 10.0. The van der Waals surface area contributed by atoms with Crippen molar-refractivity contribution in [2.24, 2.45) is 0 Å². The van der Waals surface area contributed by atoms with Crippen molar-refractivity contribution in [1.82, 2.24) is 4.98 Å². The molecule has 0 radical (unpaired) electrons. The van der Waals surface area contributed by atoms with E-state index in [4.69, 9.17) is 5.11 Å². The highest BCUT2D eigenvalue weighted by Crippen LogP contribution is 2.16. The maximum Gasteiger partial charge on any atom is 0.329 e. The van der Waals surface area contributed by atoms with E-state index in [0.29, 0.717) is 5.82 Å². The molecule has 0 aromatic carbocycles. The summed E-state index contributed by atoms with van der Waals surface area (Å²) in [4.78, 5) is 25.4. The average molecular weight is 303 g/mol. The number of pyridine rings is 1. The van der Waals surface area contributed by atoms with Crippen molar-refractivity contribution in [1.29, 1.82) is 0 Å². The van der Waals surface area contributed by atoms with Crippen LogP contribution in [0, 0.1) is 6.92 Å². The zero-order valence-electron chi connectivity index (χ0n) is 9.07. The lowest BCUT2D eigenvalue weighted by molar-refractivity contribution is -0.143. The largest absolute Gasteiger partial charge is 0.480 e. The number of aliphatic carboxylic acids is 1. The molecule has 0 saturated carbocycles. The third-order valence-electron chi connectivity index (χ3n) is 1.77. The van der Waals surface area contributed by atoms with Gasteiger partial charge in [0.2, 0.25) is 0 Å². The van der Waals surface area contributed by atoms with Gasteiger partial charge in [-0.15, -0.1) is 0 Å². The van der Waals surface area contributed by atoms with Gasteiger partial charge in [-0.3, -0.25) is 4.79 Å². The van der Waals surface area contributed by atoms with Crippen molar-refractivity contribution in [2.75, 3.05) is 18.5 Å². The Balaban J connectivity index is 2.45. The van der Waals surface area contributed by atoms with E-state index >= 15 is 0 Å². The molecule has 0 aliphatic rings. The van der Waals surface area contributed by atoms with Crippen molar-refractivity contribution in [3.8, 4) is 0 Å². The Hall–Kier alpha value is -1.47. The second-order valence-corrected chi connectivity index (χ2v) is 4.11. The first-order chi connectivity index (χ1) is 7.99. The number of nitrogens with zero attached hydrogens (tertiary/aromatic N) is 1. The number of hydrogen-bond acceptors (Lipinski definition) is 4. The quantitative estimate of drug-likeness (QED) is 0.853. The lowest BCUT2D eigenvalue weighted by atomic mass is 10.3. The molecule has 92 valence electrons. The van der Waals surface area contributed by atoms with E-state index in [0.717, 1.165) is 10.0 Å². The first-order valence-corrected chi connectivity index (χ1v) is 5.50. The summed E-state index contributed by atoms with van der Waals surface area (Å²) in [6.45, 7) is 1.05. The molecule has 6 nitrogen and oxygen atoms in total. The maximum atomic E-state index is 11.3. The second kappa shape index (κ2) is 6.31. The van der Waals surface area contributed by atoms with Gasteiger partial charge in [0.1, 0.15) is 19.0 Å². The zero-order chi connectivity index (χ0) is 12.8. The van der Waals surface area contributed by atoms with Crippen LogP contribution in [-0.4, -0.2) is 35.2 Å². The van der Waals surface area contributed by atoms with Gasteiger partial charge in [0.15, 0.2) is 0 Å². The molecule has 0 fully saturated rings. The summed E-state index contributed by atoms with van der Waals surface area (Å²) >= 11 is 3.29. The number of aryl methyl sites for hydroxylation is 1. The first-order valence-electron chi connectivity index (χ1n) is 4.70. The Morgan fingerprint density at radius 2 is 2.24 bits per heavy atom. The van der Waals surface area contributed by atoms with Crippen LogP contribution in [0.1, 0.15) is 5.56 Å². The van der Waals surface area contributed by atoms with Gasteiger partial charge in [-0.25, -0.2) is 9.78 Å². The molecule has 1 rings (SSSR count). The molecule has 2 N–H and O–H groups in total. The van der Waals surface area contributed by atoms with Gasteiger partial charge in [0.25, 0.3) is 5.91 Å². The van der Waals surface area contributed by atoms with Crippen LogP contribution >= 0.6 is 15.9 Å². The summed E-state index contributed by atoms with van der Waals surface area (Å²) in [5.74, 6) is -1.16. The highest BCUT2D eigenvalue weighted by atomic mass is 79.9. The molecule has 0 unspecified atom stereocenters. The molecular weight excluding hydrogens is 292 g/mol. The molecule has 0 atom stereocenters. The molecule has 0 aliphatic heterocycles. The summed E-state index contributed by atoms with van der Waals surface area (Å²) in [5, 5.41) is 10.8. The zero-order valence-corrected chi connectivity index (χ0v) is 10.7. The number of nitrogens with one attached hydrogen (secondary N) is 1. The lowest BCUT2D eigenvalue weighted by Gasteiger charge is -2.05. The Morgan fingerprint density at radius 3 is 2.82 bits per heavy atom. The number of rotatable bonds is 5. The number of carboxylic acids is 1. The standard InChI is InChI=1S/C10H11BrN2O4/c1-6-2-8(12-3-7(6)11)13-9(14)4-17-5-10(15)16/h2-3H,4-5H2,1H3,(H,15,16)(H,12,13,14). The van der Waals surface area contributed by atoms with Crippen molar-refractivity contribution in [3.63, 3.8) is 0 Å². The number of amides is 1. The molecule has 0 aliphatic carbocycles. The van der Waals surface area contributed by atoms with Crippen LogP contribution in [0.25, 0.3) is 0 Å². The smallest absolute Gasteiger partial charge is 0.329 e. The predicted molar refractivity (Wildman–Crippen MR) is 63.8 cm³/mol. The molecule has 7 heteroatoms. The minimum absolute atomic E-state index is 0.316. The molecule has 1 amide bonds. The molecule has 1 heterocycles. The van der Waals surface area contributed by atoms with Gasteiger partial charge in [-0.05, 0) is 34.5 Å². The lowest BCUT2D eigenvalue weighted by Crippen LogP contribution is -2.21. The minimum atomic E-state index is -1.12. The van der Waals surface area contributed by atoms with Crippen molar-refractivity contribution in [3.05, 3.63) is 22.3 Å². The van der Waals surface area contributed by atoms with Gasteiger partial charge in [0.05, 0.1) is 0 Å². The summed E-state index contributed by atoms with van der Waals surface area (Å²) < 4.78 is 5.48. The predicted octanol–water partition coefficient (Wildman–Crippen LogP) is 1.19. The van der Waals surface area contributed by atoms with Crippen LogP contribution in [0.2, 0.25) is 0 Å². The summed E-state index contributed by atoms with van der Waals surface area (Å²) in [7, 11) is 0. The Kier molecular flexibility index (Phi) is 5.05. The van der Waals surface area contributed by atoms with Gasteiger partial charge in [0, 0.05) is 10.7 Å². The van der Waals surface area contributed by atoms with E-state index in [-0.39, 0.29) is 6.61 Å². The summed E-state index contributed by atoms with van der Waals surface area (Å²) in [5.41, 5.74) is 0.932. The number of halogens is 1. The van der Waals surface area contributed by atoms with E-state index in [9.17, 15) is 9.59 Å². The monoisotopic (exact) mass is 302 g/mol. The van der Waals surface area contributed by atoms with E-state index in [2.05, 4.69) is 31.0 Å². The van der Waals surface area contributed by atoms with Crippen LogP contribution in [0.5, 0.6) is 0 Å². The van der Waals surface area contributed by atoms with Crippen LogP contribution in [0.3, 0.4) is 0 Å². The van der Waals surface area contributed by atoms with Crippen LogP contribution in [-0.2, 0) is 14.3 Å². The van der Waals surface area contributed by atoms with Crippen molar-refractivity contribution in [2.45, 2.75) is 6.92 Å². The topological polar surface area (TPSA) is 88.5 Å². The minimum Gasteiger partial charge on any atom is -0.480 e. The number of aromatic nitrogens is 1. The third kappa shape index (κ3) is 4.92. The number of carboxylic acid groups (broad SMARTS) is 1. The molecule has 1 aromatic rings. The van der Waals surface area contributed by atoms with Crippen molar-refractivity contribution < 1.29 is 19.4 Å². The Morgan fingerprint density at radius 1 is 1.53 bits per heavy atom. The fraction of sp³-hybridized carbons (Fsp3) is 0.300. The second-order valence-electron chi connectivity index (χ2n) is 3.25. The van der Waals surface area contributed by atoms with Gasteiger partial charge < -0.3 is 15.2 Å². The van der Waals surface area contributed by atoms with Crippen LogP contribution in [0.15, 0.2) is 16.7 Å². The van der Waals surface area contributed by atoms with Gasteiger partial charge in [-0.1, -0.05) is 0 Å². The molecule has 0 spiro atoms. The van der Waals surface area contributed by atoms with E-state index in [1.54, 1.807) is 12.3 Å². The number of ether oxygens (including phenoxy) is 1. The van der Waals surface area contributed by atoms with E-state index < -0.39 is 18.5 Å². The maximum absolute atomic E-state index is 11.3. The number of carbonyl (C=O) groups excluding carboxylic acids is 1. The number of carbonyl (C=O) groups is 2. The Bertz CT molecular complexity index is 436. The molecule has 17 heavy (non-hydrogen) atoms. The van der Waals surface area contributed by atoms with Gasteiger partial charge >= 0.3 is 5.97 Å². The van der Waals surface area contributed by atoms with Crippen LogP contribution < -0.4 is 5.32 Å². The molecular formula is C10H11BrN2O4. The summed E-state index contributed by atoms with van der Waals surface area (Å²) in [6, 6.07) is 1.69. The van der Waals surface area contributed by atoms with Gasteiger partial charge in [-0.2, -0.15) is 0 Å². The molecule has 0 bridgehead atoms. The summed E-state index contributed by atoms with van der Waals surface area (Å²) in [6.07, 6.45) is 1.57. The SMILES string of the molecule is Cc1cc(NC(=O)COCC(=O)O)ncc1Br. The first kappa shape index (κ1) is 13.6.